The van der Waals surface area contributed by atoms with E-state index in [0.29, 0.717) is 12.0 Å². The maximum absolute atomic E-state index is 13.8. The molecule has 4 nitrogen and oxygen atoms in total. The third-order valence-corrected chi connectivity index (χ3v) is 3.34. The minimum Gasteiger partial charge on any atom is -0.389 e. The van der Waals surface area contributed by atoms with Crippen LogP contribution in [0, 0.1) is 5.82 Å². The second-order valence-electron chi connectivity index (χ2n) is 4.30. The molecule has 1 amide bonds. The van der Waals surface area contributed by atoms with Crippen molar-refractivity contribution >= 4 is 28.8 Å². The monoisotopic (exact) mass is 284 g/mol. The van der Waals surface area contributed by atoms with E-state index in [2.05, 4.69) is 5.32 Å². The van der Waals surface area contributed by atoms with E-state index < -0.39 is 17.3 Å². The Kier molecular flexibility index (Phi) is 4.97. The van der Waals surface area contributed by atoms with Crippen molar-refractivity contribution in [3.63, 3.8) is 0 Å². The van der Waals surface area contributed by atoms with E-state index in [0.717, 1.165) is 0 Å². The van der Waals surface area contributed by atoms with Crippen molar-refractivity contribution in [3.8, 4) is 0 Å². The highest BCUT2D eigenvalue weighted by molar-refractivity contribution is 7.80. The van der Waals surface area contributed by atoms with Gasteiger partial charge in [-0.3, -0.25) is 4.79 Å². The molecule has 0 saturated heterocycles. The zero-order valence-electron chi connectivity index (χ0n) is 11.1. The molecule has 104 valence electrons. The van der Waals surface area contributed by atoms with Crippen LogP contribution in [0.2, 0.25) is 0 Å². The van der Waals surface area contributed by atoms with Gasteiger partial charge in [-0.25, -0.2) is 4.39 Å². The number of nitrogens with two attached hydrogens (primary N) is 1. The minimum absolute atomic E-state index is 0.0710. The first kappa shape index (κ1) is 15.5. The van der Waals surface area contributed by atoms with E-state index in [4.69, 9.17) is 22.7 Å². The smallest absolute Gasteiger partial charge is 0.256 e. The fourth-order valence-electron chi connectivity index (χ4n) is 1.42. The Morgan fingerprint density at radius 2 is 2.21 bits per heavy atom. The van der Waals surface area contributed by atoms with Crippen LogP contribution in [-0.4, -0.2) is 23.6 Å². The topological polar surface area (TPSA) is 64.3 Å². The molecule has 1 rings (SSSR count). The van der Waals surface area contributed by atoms with E-state index >= 15 is 0 Å². The number of hydrogen-bond acceptors (Lipinski definition) is 3. The van der Waals surface area contributed by atoms with Crippen molar-refractivity contribution in [3.05, 3.63) is 29.6 Å². The quantitative estimate of drug-likeness (QED) is 0.814. The van der Waals surface area contributed by atoms with Crippen LogP contribution >= 0.6 is 12.2 Å². The zero-order chi connectivity index (χ0) is 14.6. The lowest BCUT2D eigenvalue weighted by Crippen LogP contribution is -2.41. The number of hydrogen-bond donors (Lipinski definition) is 2. The number of carbonyl (C=O) groups is 1. The standard InChI is InChI=1S/C13H17FN2O2S/c1-4-13(2,18-3)12(17)16-10-6-5-8(11(15)19)7-9(10)14/h5-7H,4H2,1-3H3,(H2,15,19)(H,16,17). The summed E-state index contributed by atoms with van der Waals surface area (Å²) < 4.78 is 18.9. The fraction of sp³-hybridized carbons (Fsp3) is 0.385. The molecule has 1 unspecified atom stereocenters. The second kappa shape index (κ2) is 6.08. The molecule has 0 bridgehead atoms. The number of amides is 1. The van der Waals surface area contributed by atoms with Gasteiger partial charge >= 0.3 is 0 Å². The third kappa shape index (κ3) is 3.48. The molecule has 0 aliphatic heterocycles. The molecule has 1 aromatic carbocycles. The highest BCUT2D eigenvalue weighted by Gasteiger charge is 2.31. The molecule has 0 fully saturated rings. The summed E-state index contributed by atoms with van der Waals surface area (Å²) >= 11 is 4.75. The van der Waals surface area contributed by atoms with Gasteiger partial charge in [-0.2, -0.15) is 0 Å². The van der Waals surface area contributed by atoms with Gasteiger partial charge in [0.05, 0.1) is 5.69 Å². The van der Waals surface area contributed by atoms with E-state index in [-0.39, 0.29) is 10.7 Å². The molecular weight excluding hydrogens is 267 g/mol. The van der Waals surface area contributed by atoms with Gasteiger partial charge in [-0.1, -0.05) is 19.1 Å². The molecule has 6 heteroatoms. The Balaban J connectivity index is 2.95. The molecule has 0 aliphatic carbocycles. The summed E-state index contributed by atoms with van der Waals surface area (Å²) in [6.45, 7) is 3.46. The first-order chi connectivity index (χ1) is 8.84. The second-order valence-corrected chi connectivity index (χ2v) is 4.74. The van der Waals surface area contributed by atoms with Gasteiger partial charge in [0.25, 0.3) is 5.91 Å². The van der Waals surface area contributed by atoms with Crippen molar-refractivity contribution in [1.29, 1.82) is 0 Å². The lowest BCUT2D eigenvalue weighted by molar-refractivity contribution is -0.136. The molecule has 0 aromatic heterocycles. The summed E-state index contributed by atoms with van der Waals surface area (Å²) in [7, 11) is 1.44. The molecule has 19 heavy (non-hydrogen) atoms. The molecule has 0 radical (unpaired) electrons. The van der Waals surface area contributed by atoms with Gasteiger partial charge < -0.3 is 15.8 Å². The number of carbonyl (C=O) groups excluding carboxylic acids is 1. The Morgan fingerprint density at radius 1 is 1.58 bits per heavy atom. The highest BCUT2D eigenvalue weighted by Crippen LogP contribution is 2.20. The number of thiocarbonyl (C=S) groups is 1. The predicted octanol–water partition coefficient (Wildman–Crippen LogP) is 2.21. The van der Waals surface area contributed by atoms with Gasteiger partial charge in [0, 0.05) is 12.7 Å². The number of methoxy groups -OCH3 is 1. The average Bonchev–Trinajstić information content (AvgIpc) is 2.39. The first-order valence-corrected chi connectivity index (χ1v) is 6.21. The molecule has 0 saturated carbocycles. The average molecular weight is 284 g/mol. The Labute approximate surface area is 117 Å². The SMILES string of the molecule is CCC(C)(OC)C(=O)Nc1ccc(C(N)=S)cc1F. The molecule has 0 aliphatic rings. The normalized spacial score (nSPS) is 13.7. The highest BCUT2D eigenvalue weighted by atomic mass is 32.1. The Hall–Kier alpha value is -1.53. The zero-order valence-corrected chi connectivity index (χ0v) is 11.9. The van der Waals surface area contributed by atoms with Crippen LogP contribution in [-0.2, 0) is 9.53 Å². The van der Waals surface area contributed by atoms with Crippen molar-refractivity contribution in [2.75, 3.05) is 12.4 Å². The molecule has 3 N–H and O–H groups in total. The summed E-state index contributed by atoms with van der Waals surface area (Å²) in [5.41, 5.74) is 4.90. The van der Waals surface area contributed by atoms with Crippen molar-refractivity contribution in [1.82, 2.24) is 0 Å². The lowest BCUT2D eigenvalue weighted by Gasteiger charge is -2.25. The summed E-state index contributed by atoms with van der Waals surface area (Å²) in [5, 5.41) is 2.50. The number of anilines is 1. The van der Waals surface area contributed by atoms with Gasteiger partial charge in [-0.05, 0) is 31.5 Å². The number of benzene rings is 1. The van der Waals surface area contributed by atoms with E-state index in [1.54, 1.807) is 13.0 Å². The van der Waals surface area contributed by atoms with Gasteiger partial charge in [0.15, 0.2) is 0 Å². The molecule has 1 aromatic rings. The fourth-order valence-corrected chi connectivity index (χ4v) is 1.55. The van der Waals surface area contributed by atoms with E-state index in [1.807, 2.05) is 6.92 Å². The maximum Gasteiger partial charge on any atom is 0.256 e. The van der Waals surface area contributed by atoms with E-state index in [1.165, 1.54) is 19.2 Å². The van der Waals surface area contributed by atoms with Crippen molar-refractivity contribution < 1.29 is 13.9 Å². The lowest BCUT2D eigenvalue weighted by atomic mass is 10.0. The number of rotatable bonds is 5. The van der Waals surface area contributed by atoms with Crippen LogP contribution in [0.4, 0.5) is 10.1 Å². The van der Waals surface area contributed by atoms with Crippen molar-refractivity contribution in [2.24, 2.45) is 5.73 Å². The number of halogens is 1. The van der Waals surface area contributed by atoms with Crippen LogP contribution in [0.3, 0.4) is 0 Å². The number of nitrogens with one attached hydrogen (secondary N) is 1. The summed E-state index contributed by atoms with van der Waals surface area (Å²) in [5.74, 6) is -0.993. The summed E-state index contributed by atoms with van der Waals surface area (Å²) in [4.78, 5) is 12.1. The molecule has 1 atom stereocenters. The Morgan fingerprint density at radius 3 is 2.63 bits per heavy atom. The molecular formula is C13H17FN2O2S. The van der Waals surface area contributed by atoms with Crippen LogP contribution < -0.4 is 11.1 Å². The van der Waals surface area contributed by atoms with Crippen LogP contribution in [0.15, 0.2) is 18.2 Å². The first-order valence-electron chi connectivity index (χ1n) is 5.80. The van der Waals surface area contributed by atoms with Gasteiger partial charge in [0.2, 0.25) is 0 Å². The largest absolute Gasteiger partial charge is 0.389 e. The van der Waals surface area contributed by atoms with Crippen LogP contribution in [0.25, 0.3) is 0 Å². The van der Waals surface area contributed by atoms with Crippen molar-refractivity contribution in [2.45, 2.75) is 25.9 Å². The predicted molar refractivity (Wildman–Crippen MR) is 76.6 cm³/mol. The third-order valence-electron chi connectivity index (χ3n) is 3.11. The molecule has 0 spiro atoms. The van der Waals surface area contributed by atoms with E-state index in [9.17, 15) is 9.18 Å². The molecule has 0 heterocycles. The minimum atomic E-state index is -0.992. The summed E-state index contributed by atoms with van der Waals surface area (Å²) in [6, 6.07) is 4.17. The Bertz CT molecular complexity index is 501. The summed E-state index contributed by atoms with van der Waals surface area (Å²) in [6.07, 6.45) is 0.474. The van der Waals surface area contributed by atoms with Gasteiger partial charge in [-0.15, -0.1) is 0 Å². The van der Waals surface area contributed by atoms with Crippen LogP contribution in [0.5, 0.6) is 0 Å². The number of ether oxygens (including phenoxy) is 1. The van der Waals surface area contributed by atoms with Gasteiger partial charge in [0.1, 0.15) is 16.4 Å². The van der Waals surface area contributed by atoms with Crippen LogP contribution in [0.1, 0.15) is 25.8 Å². The maximum atomic E-state index is 13.8.